The van der Waals surface area contributed by atoms with Crippen LogP contribution in [0.25, 0.3) is 0 Å². The minimum Gasteiger partial charge on any atom is -0.253 e. The van der Waals surface area contributed by atoms with Gasteiger partial charge in [-0.15, -0.1) is 11.6 Å². The number of hydrogen-bond acceptors (Lipinski definition) is 1. The lowest BCUT2D eigenvalue weighted by atomic mass is 10.0. The van der Waals surface area contributed by atoms with Crippen LogP contribution in [0.5, 0.6) is 0 Å². The van der Waals surface area contributed by atoms with Crippen molar-refractivity contribution in [2.75, 3.05) is 0 Å². The SMILES string of the molecule is CC(C)Cn1nc(C2CCCC2)c(CCl)c1Cl. The maximum absolute atomic E-state index is 6.37. The largest absolute Gasteiger partial charge is 0.253 e. The first-order valence-electron chi connectivity index (χ1n) is 6.44. The zero-order valence-electron chi connectivity index (χ0n) is 10.5. The Labute approximate surface area is 113 Å². The van der Waals surface area contributed by atoms with Crippen molar-refractivity contribution in [1.29, 1.82) is 0 Å². The van der Waals surface area contributed by atoms with Gasteiger partial charge in [0.15, 0.2) is 0 Å². The van der Waals surface area contributed by atoms with E-state index in [1.165, 1.54) is 25.7 Å². The molecule has 0 bridgehead atoms. The molecule has 2 nitrogen and oxygen atoms in total. The number of halogens is 2. The van der Waals surface area contributed by atoms with Gasteiger partial charge >= 0.3 is 0 Å². The summed E-state index contributed by atoms with van der Waals surface area (Å²) in [5.74, 6) is 1.60. The van der Waals surface area contributed by atoms with Gasteiger partial charge in [-0.05, 0) is 18.8 Å². The molecule has 0 atom stereocenters. The molecule has 17 heavy (non-hydrogen) atoms. The Balaban J connectivity index is 2.30. The third-order valence-corrected chi connectivity index (χ3v) is 4.12. The maximum Gasteiger partial charge on any atom is 0.131 e. The van der Waals surface area contributed by atoms with Crippen LogP contribution in [0.3, 0.4) is 0 Å². The molecule has 1 aliphatic carbocycles. The monoisotopic (exact) mass is 274 g/mol. The number of hydrogen-bond donors (Lipinski definition) is 0. The lowest BCUT2D eigenvalue weighted by Gasteiger charge is -2.07. The summed E-state index contributed by atoms with van der Waals surface area (Å²) in [6.45, 7) is 5.22. The van der Waals surface area contributed by atoms with Gasteiger partial charge in [0.05, 0.1) is 11.6 Å². The highest BCUT2D eigenvalue weighted by atomic mass is 35.5. The number of aromatic nitrogens is 2. The van der Waals surface area contributed by atoms with Crippen molar-refractivity contribution in [2.24, 2.45) is 5.92 Å². The molecule has 0 spiro atoms. The Bertz CT molecular complexity index is 379. The van der Waals surface area contributed by atoms with Crippen molar-refractivity contribution in [1.82, 2.24) is 9.78 Å². The molecule has 1 aromatic rings. The molecule has 0 radical (unpaired) electrons. The van der Waals surface area contributed by atoms with Crippen LogP contribution in [0.4, 0.5) is 0 Å². The molecule has 4 heteroatoms. The first-order chi connectivity index (χ1) is 8.13. The van der Waals surface area contributed by atoms with Gasteiger partial charge in [-0.1, -0.05) is 38.3 Å². The summed E-state index contributed by atoms with van der Waals surface area (Å²) in [6, 6.07) is 0. The van der Waals surface area contributed by atoms with Gasteiger partial charge in [0, 0.05) is 18.0 Å². The first-order valence-corrected chi connectivity index (χ1v) is 7.35. The predicted molar refractivity (Wildman–Crippen MR) is 72.8 cm³/mol. The fraction of sp³-hybridized carbons (Fsp3) is 0.769. The zero-order chi connectivity index (χ0) is 12.4. The van der Waals surface area contributed by atoms with Crippen molar-refractivity contribution in [3.05, 3.63) is 16.4 Å². The fourth-order valence-electron chi connectivity index (χ4n) is 2.61. The average molecular weight is 275 g/mol. The van der Waals surface area contributed by atoms with E-state index in [4.69, 9.17) is 28.3 Å². The van der Waals surface area contributed by atoms with E-state index in [-0.39, 0.29) is 0 Å². The number of nitrogens with zero attached hydrogens (tertiary/aromatic N) is 2. The van der Waals surface area contributed by atoms with E-state index in [1.807, 2.05) is 4.68 Å². The topological polar surface area (TPSA) is 17.8 Å². The predicted octanol–water partition coefficient (Wildman–Crippen LogP) is 4.59. The Morgan fingerprint density at radius 3 is 2.53 bits per heavy atom. The molecule has 1 saturated carbocycles. The van der Waals surface area contributed by atoms with E-state index in [9.17, 15) is 0 Å². The van der Waals surface area contributed by atoms with Gasteiger partial charge in [-0.2, -0.15) is 5.10 Å². The van der Waals surface area contributed by atoms with Gasteiger partial charge < -0.3 is 0 Å². The van der Waals surface area contributed by atoms with Crippen molar-refractivity contribution in [3.63, 3.8) is 0 Å². The summed E-state index contributed by atoms with van der Waals surface area (Å²) in [6.07, 6.45) is 5.08. The Morgan fingerprint density at radius 2 is 2.00 bits per heavy atom. The summed E-state index contributed by atoms with van der Waals surface area (Å²) >= 11 is 12.4. The first kappa shape index (κ1) is 13.2. The quantitative estimate of drug-likeness (QED) is 0.735. The Morgan fingerprint density at radius 1 is 1.35 bits per heavy atom. The molecule has 0 saturated heterocycles. The Kier molecular flexibility index (Phi) is 4.37. The summed E-state index contributed by atoms with van der Waals surface area (Å²) in [7, 11) is 0. The molecule has 0 aromatic carbocycles. The van der Waals surface area contributed by atoms with Gasteiger partial charge in [-0.3, -0.25) is 4.68 Å². The molecular weight excluding hydrogens is 255 g/mol. The van der Waals surface area contributed by atoms with Crippen molar-refractivity contribution < 1.29 is 0 Å². The molecule has 0 unspecified atom stereocenters. The minimum absolute atomic E-state index is 0.475. The van der Waals surface area contributed by atoms with Crippen molar-refractivity contribution in [3.8, 4) is 0 Å². The standard InChI is InChI=1S/C13H20Cl2N2/c1-9(2)8-17-13(15)11(7-14)12(16-17)10-5-3-4-6-10/h9-10H,3-8H2,1-2H3. The highest BCUT2D eigenvalue weighted by molar-refractivity contribution is 6.31. The number of alkyl halides is 1. The molecule has 0 amide bonds. The minimum atomic E-state index is 0.475. The summed E-state index contributed by atoms with van der Waals surface area (Å²) in [4.78, 5) is 0. The van der Waals surface area contributed by atoms with Crippen LogP contribution in [-0.4, -0.2) is 9.78 Å². The normalized spacial score (nSPS) is 17.2. The van der Waals surface area contributed by atoms with Crippen LogP contribution in [0, 0.1) is 5.92 Å². The Hall–Kier alpha value is -0.210. The van der Waals surface area contributed by atoms with Crippen LogP contribution in [0.15, 0.2) is 0 Å². The van der Waals surface area contributed by atoms with Crippen LogP contribution in [-0.2, 0) is 12.4 Å². The second-order valence-corrected chi connectivity index (χ2v) is 5.97. The van der Waals surface area contributed by atoms with Gasteiger partial charge in [0.1, 0.15) is 5.15 Å². The molecule has 2 rings (SSSR count). The third kappa shape index (κ3) is 2.79. The van der Waals surface area contributed by atoms with Crippen molar-refractivity contribution >= 4 is 23.2 Å². The zero-order valence-corrected chi connectivity index (χ0v) is 12.1. The summed E-state index contributed by atoms with van der Waals surface area (Å²) in [5.41, 5.74) is 2.21. The maximum atomic E-state index is 6.37. The van der Waals surface area contributed by atoms with Gasteiger partial charge in [-0.25, -0.2) is 0 Å². The van der Waals surface area contributed by atoms with Crippen LogP contribution in [0.2, 0.25) is 5.15 Å². The van der Waals surface area contributed by atoms with E-state index in [2.05, 4.69) is 13.8 Å². The van der Waals surface area contributed by atoms with E-state index in [1.54, 1.807) is 0 Å². The van der Waals surface area contributed by atoms with Gasteiger partial charge in [0.2, 0.25) is 0 Å². The average Bonchev–Trinajstić information content (AvgIpc) is 2.87. The lowest BCUT2D eigenvalue weighted by molar-refractivity contribution is 0.476. The fourth-order valence-corrected chi connectivity index (χ4v) is 3.22. The molecule has 1 aromatic heterocycles. The van der Waals surface area contributed by atoms with Gasteiger partial charge in [0.25, 0.3) is 0 Å². The van der Waals surface area contributed by atoms with E-state index >= 15 is 0 Å². The highest BCUT2D eigenvalue weighted by Gasteiger charge is 2.25. The second kappa shape index (κ2) is 5.62. The van der Waals surface area contributed by atoms with Crippen LogP contribution < -0.4 is 0 Å². The molecule has 1 aliphatic rings. The summed E-state index contributed by atoms with van der Waals surface area (Å²) in [5, 5.41) is 5.45. The number of rotatable bonds is 4. The smallest absolute Gasteiger partial charge is 0.131 e. The molecular formula is C13H20Cl2N2. The molecule has 0 N–H and O–H groups in total. The second-order valence-electron chi connectivity index (χ2n) is 5.35. The lowest BCUT2D eigenvalue weighted by Crippen LogP contribution is -2.07. The van der Waals surface area contributed by atoms with Crippen LogP contribution in [0.1, 0.15) is 56.7 Å². The van der Waals surface area contributed by atoms with E-state index < -0.39 is 0 Å². The van der Waals surface area contributed by atoms with Crippen LogP contribution >= 0.6 is 23.2 Å². The van der Waals surface area contributed by atoms with E-state index in [0.717, 1.165) is 23.0 Å². The van der Waals surface area contributed by atoms with Crippen molar-refractivity contribution in [2.45, 2.75) is 57.9 Å². The third-order valence-electron chi connectivity index (χ3n) is 3.43. The molecule has 1 fully saturated rings. The molecule has 0 aliphatic heterocycles. The van der Waals surface area contributed by atoms with E-state index in [0.29, 0.717) is 17.7 Å². The molecule has 1 heterocycles. The molecule has 96 valence electrons. The summed E-state index contributed by atoms with van der Waals surface area (Å²) < 4.78 is 1.93. The highest BCUT2D eigenvalue weighted by Crippen LogP contribution is 2.37.